The minimum absolute atomic E-state index is 0.00744. The van der Waals surface area contributed by atoms with Gasteiger partial charge in [0.25, 0.3) is 0 Å². The van der Waals surface area contributed by atoms with Crippen LogP contribution in [-0.4, -0.2) is 39.3 Å². The first kappa shape index (κ1) is 19.9. The number of halogens is 1. The highest BCUT2D eigenvalue weighted by molar-refractivity contribution is 7.89. The van der Waals surface area contributed by atoms with Gasteiger partial charge in [0.2, 0.25) is 15.9 Å². The molecule has 1 amide bonds. The average Bonchev–Trinajstić information content (AvgIpc) is 2.57. The van der Waals surface area contributed by atoms with E-state index in [1.807, 2.05) is 26.0 Å². The van der Waals surface area contributed by atoms with Crippen LogP contribution in [0.4, 0.5) is 10.1 Å². The number of hydrogen-bond acceptors (Lipinski definition) is 4. The number of likely N-dealkylation sites (N-methyl/N-ethyl adjacent to an activating group) is 1. The lowest BCUT2D eigenvalue weighted by Crippen LogP contribution is -2.35. The summed E-state index contributed by atoms with van der Waals surface area (Å²) < 4.78 is 44.7. The van der Waals surface area contributed by atoms with Crippen molar-refractivity contribution >= 4 is 21.6 Å². The second kappa shape index (κ2) is 7.84. The van der Waals surface area contributed by atoms with Crippen molar-refractivity contribution in [1.29, 1.82) is 0 Å². The van der Waals surface area contributed by atoms with Crippen LogP contribution in [0.3, 0.4) is 0 Å². The molecule has 0 aromatic heterocycles. The first-order valence-electron chi connectivity index (χ1n) is 7.82. The van der Waals surface area contributed by atoms with Crippen molar-refractivity contribution in [3.8, 4) is 5.75 Å². The van der Waals surface area contributed by atoms with Gasteiger partial charge in [0.1, 0.15) is 16.5 Å². The van der Waals surface area contributed by atoms with Crippen LogP contribution in [0, 0.1) is 19.7 Å². The number of aryl methyl sites for hydroxylation is 2. The van der Waals surface area contributed by atoms with Crippen molar-refractivity contribution in [3.05, 3.63) is 53.3 Å². The molecule has 0 aliphatic heterocycles. The first-order chi connectivity index (χ1) is 12.1. The Bertz CT molecular complexity index is 929. The zero-order valence-electron chi connectivity index (χ0n) is 15.0. The molecule has 0 saturated heterocycles. The third-order valence-electron chi connectivity index (χ3n) is 3.84. The summed E-state index contributed by atoms with van der Waals surface area (Å²) in [6.07, 6.45) is 0. The fraction of sp³-hybridized carbons (Fsp3) is 0.278. The fourth-order valence-corrected chi connectivity index (χ4v) is 3.74. The van der Waals surface area contributed by atoms with E-state index in [4.69, 9.17) is 4.74 Å². The monoisotopic (exact) mass is 380 g/mol. The van der Waals surface area contributed by atoms with E-state index in [0.717, 1.165) is 27.6 Å². The normalized spacial score (nSPS) is 11.5. The molecule has 0 radical (unpaired) electrons. The Balaban J connectivity index is 2.19. The minimum atomic E-state index is -4.10. The molecule has 8 heteroatoms. The summed E-state index contributed by atoms with van der Waals surface area (Å²) in [6.45, 7) is 3.36. The lowest BCUT2D eigenvalue weighted by molar-refractivity contribution is -0.116. The van der Waals surface area contributed by atoms with E-state index in [1.165, 1.54) is 20.2 Å². The fourth-order valence-electron chi connectivity index (χ4n) is 2.45. The molecule has 6 nitrogen and oxygen atoms in total. The highest BCUT2D eigenvalue weighted by atomic mass is 32.2. The summed E-state index contributed by atoms with van der Waals surface area (Å²) >= 11 is 0. The van der Waals surface area contributed by atoms with Gasteiger partial charge in [0.05, 0.1) is 13.7 Å². The summed E-state index contributed by atoms with van der Waals surface area (Å²) in [5.41, 5.74) is 2.53. The summed E-state index contributed by atoms with van der Waals surface area (Å²) in [4.78, 5) is 11.9. The van der Waals surface area contributed by atoms with Crippen LogP contribution in [-0.2, 0) is 14.8 Å². The SMILES string of the molecule is COc1ccc(F)cc1S(=O)(=O)N(C)CC(=O)Nc1ccc(C)cc1C. The Labute approximate surface area is 152 Å². The number of ether oxygens (including phenoxy) is 1. The van der Waals surface area contributed by atoms with Gasteiger partial charge >= 0.3 is 0 Å². The Hall–Kier alpha value is -2.45. The highest BCUT2D eigenvalue weighted by Gasteiger charge is 2.27. The Morgan fingerprint density at radius 2 is 1.88 bits per heavy atom. The maximum Gasteiger partial charge on any atom is 0.247 e. The first-order valence-corrected chi connectivity index (χ1v) is 9.26. The molecule has 2 rings (SSSR count). The van der Waals surface area contributed by atoms with Gasteiger partial charge in [-0.2, -0.15) is 4.31 Å². The van der Waals surface area contributed by atoms with Gasteiger partial charge in [0, 0.05) is 12.7 Å². The predicted molar refractivity (Wildman–Crippen MR) is 97.3 cm³/mol. The standard InChI is InChI=1S/C18H21FN2O4S/c1-12-5-7-15(13(2)9-12)20-18(22)11-21(3)26(23,24)17-10-14(19)6-8-16(17)25-4/h5-10H,11H2,1-4H3,(H,20,22). The van der Waals surface area contributed by atoms with Crippen LogP contribution >= 0.6 is 0 Å². The number of carbonyl (C=O) groups is 1. The molecule has 26 heavy (non-hydrogen) atoms. The molecule has 0 heterocycles. The minimum Gasteiger partial charge on any atom is -0.495 e. The number of carbonyl (C=O) groups excluding carboxylic acids is 1. The topological polar surface area (TPSA) is 75.7 Å². The largest absolute Gasteiger partial charge is 0.495 e. The Morgan fingerprint density at radius 1 is 1.19 bits per heavy atom. The van der Waals surface area contributed by atoms with Crippen molar-refractivity contribution < 1.29 is 22.3 Å². The molecule has 2 aromatic carbocycles. The molecule has 0 bridgehead atoms. The molecule has 0 aliphatic carbocycles. The molecule has 0 unspecified atom stereocenters. The Kier molecular flexibility index (Phi) is 5.99. The van der Waals surface area contributed by atoms with Crippen molar-refractivity contribution in [2.45, 2.75) is 18.7 Å². The third kappa shape index (κ3) is 4.39. The predicted octanol–water partition coefficient (Wildman–Crippen LogP) is 2.71. The number of hydrogen-bond donors (Lipinski definition) is 1. The number of sulfonamides is 1. The van der Waals surface area contributed by atoms with Gasteiger partial charge in [-0.1, -0.05) is 17.7 Å². The second-order valence-electron chi connectivity index (χ2n) is 5.92. The van der Waals surface area contributed by atoms with Crippen LogP contribution in [0.2, 0.25) is 0 Å². The van der Waals surface area contributed by atoms with Gasteiger partial charge in [-0.15, -0.1) is 0 Å². The van der Waals surface area contributed by atoms with Crippen LogP contribution in [0.15, 0.2) is 41.3 Å². The van der Waals surface area contributed by atoms with Crippen LogP contribution < -0.4 is 10.1 Å². The summed E-state index contributed by atoms with van der Waals surface area (Å²) in [5, 5.41) is 2.68. The van der Waals surface area contributed by atoms with E-state index in [1.54, 1.807) is 6.07 Å². The molecule has 2 aromatic rings. The molecule has 0 saturated carbocycles. The molecule has 0 spiro atoms. The van der Waals surface area contributed by atoms with E-state index in [9.17, 15) is 17.6 Å². The van der Waals surface area contributed by atoms with Crippen LogP contribution in [0.5, 0.6) is 5.75 Å². The molecule has 0 atom stereocenters. The van der Waals surface area contributed by atoms with Crippen molar-refractivity contribution in [2.24, 2.45) is 0 Å². The van der Waals surface area contributed by atoms with Gasteiger partial charge in [-0.3, -0.25) is 4.79 Å². The maximum absolute atomic E-state index is 13.5. The zero-order chi connectivity index (χ0) is 19.5. The van der Waals surface area contributed by atoms with Crippen molar-refractivity contribution in [1.82, 2.24) is 4.31 Å². The number of rotatable bonds is 6. The molecular weight excluding hydrogens is 359 g/mol. The van der Waals surface area contributed by atoms with E-state index in [-0.39, 0.29) is 10.6 Å². The molecule has 0 fully saturated rings. The third-order valence-corrected chi connectivity index (χ3v) is 5.66. The highest BCUT2D eigenvalue weighted by Crippen LogP contribution is 2.27. The number of benzene rings is 2. The summed E-state index contributed by atoms with van der Waals surface area (Å²) in [7, 11) is -1.56. The van der Waals surface area contributed by atoms with Crippen molar-refractivity contribution in [3.63, 3.8) is 0 Å². The van der Waals surface area contributed by atoms with Gasteiger partial charge in [-0.05, 0) is 43.7 Å². The molecule has 140 valence electrons. The zero-order valence-corrected chi connectivity index (χ0v) is 15.9. The summed E-state index contributed by atoms with van der Waals surface area (Å²) in [5.74, 6) is -1.20. The lowest BCUT2D eigenvalue weighted by Gasteiger charge is -2.19. The summed E-state index contributed by atoms with van der Waals surface area (Å²) in [6, 6.07) is 8.71. The van der Waals surface area contributed by atoms with E-state index in [0.29, 0.717) is 5.69 Å². The number of anilines is 1. The van der Waals surface area contributed by atoms with Crippen LogP contribution in [0.25, 0.3) is 0 Å². The number of amides is 1. The van der Waals surface area contributed by atoms with Crippen molar-refractivity contribution in [2.75, 3.05) is 26.0 Å². The number of nitrogens with one attached hydrogen (secondary N) is 1. The lowest BCUT2D eigenvalue weighted by atomic mass is 10.1. The van der Waals surface area contributed by atoms with E-state index in [2.05, 4.69) is 5.32 Å². The molecule has 0 aliphatic rings. The maximum atomic E-state index is 13.5. The molecular formula is C18H21FN2O4S. The van der Waals surface area contributed by atoms with E-state index >= 15 is 0 Å². The number of nitrogens with zero attached hydrogens (tertiary/aromatic N) is 1. The average molecular weight is 380 g/mol. The van der Waals surface area contributed by atoms with Gasteiger partial charge < -0.3 is 10.1 Å². The van der Waals surface area contributed by atoms with E-state index < -0.39 is 28.3 Å². The number of methoxy groups -OCH3 is 1. The smallest absolute Gasteiger partial charge is 0.247 e. The van der Waals surface area contributed by atoms with Gasteiger partial charge in [0.15, 0.2) is 0 Å². The van der Waals surface area contributed by atoms with Crippen LogP contribution in [0.1, 0.15) is 11.1 Å². The Morgan fingerprint density at radius 3 is 2.50 bits per heavy atom. The van der Waals surface area contributed by atoms with Gasteiger partial charge in [-0.25, -0.2) is 12.8 Å². The quantitative estimate of drug-likeness (QED) is 0.836. The molecule has 1 N–H and O–H groups in total. The second-order valence-corrected chi connectivity index (χ2v) is 7.94.